The fourth-order valence-corrected chi connectivity index (χ4v) is 6.36. The zero-order valence-electron chi connectivity index (χ0n) is 22.7. The van der Waals surface area contributed by atoms with Crippen molar-refractivity contribution in [1.82, 2.24) is 19.4 Å². The van der Waals surface area contributed by atoms with Gasteiger partial charge in [-0.3, -0.25) is 19.8 Å². The summed E-state index contributed by atoms with van der Waals surface area (Å²) in [5.41, 5.74) is 3.50. The van der Waals surface area contributed by atoms with Gasteiger partial charge in [-0.05, 0) is 106 Å². The number of benzene rings is 2. The Hall–Kier alpha value is -3.26. The van der Waals surface area contributed by atoms with Crippen LogP contribution < -0.4 is 5.32 Å². The second-order valence-electron chi connectivity index (χ2n) is 11.6. The summed E-state index contributed by atoms with van der Waals surface area (Å²) in [6, 6.07) is 12.6. The number of likely N-dealkylation sites (tertiary alicyclic amines) is 1. The fourth-order valence-electron chi connectivity index (χ4n) is 6.36. The van der Waals surface area contributed by atoms with Gasteiger partial charge in [0.1, 0.15) is 5.82 Å². The van der Waals surface area contributed by atoms with Gasteiger partial charge in [-0.15, -0.1) is 0 Å². The summed E-state index contributed by atoms with van der Waals surface area (Å²) in [5.74, 6) is 0.168. The van der Waals surface area contributed by atoms with Crippen LogP contribution >= 0.6 is 0 Å². The van der Waals surface area contributed by atoms with Crippen LogP contribution in [-0.2, 0) is 11.3 Å². The van der Waals surface area contributed by atoms with Crippen LogP contribution in [0.2, 0.25) is 0 Å². The summed E-state index contributed by atoms with van der Waals surface area (Å²) in [5, 5.41) is 3.01. The van der Waals surface area contributed by atoms with Gasteiger partial charge in [0, 0.05) is 37.2 Å². The number of carbonyl (C=O) groups excluding carboxylic acids is 2. The van der Waals surface area contributed by atoms with Crippen molar-refractivity contribution in [2.24, 2.45) is 5.92 Å². The van der Waals surface area contributed by atoms with Gasteiger partial charge in [0.25, 0.3) is 5.91 Å². The molecule has 2 amide bonds. The monoisotopic (exact) mass is 531 g/mol. The zero-order chi connectivity index (χ0) is 26.9. The third-order valence-corrected chi connectivity index (χ3v) is 8.79. The van der Waals surface area contributed by atoms with Crippen LogP contribution in [0.25, 0.3) is 11.0 Å². The van der Waals surface area contributed by atoms with E-state index < -0.39 is 0 Å². The van der Waals surface area contributed by atoms with Crippen molar-refractivity contribution in [2.45, 2.75) is 76.4 Å². The van der Waals surface area contributed by atoms with E-state index in [1.165, 1.54) is 49.1 Å². The van der Waals surface area contributed by atoms with E-state index in [1.807, 2.05) is 11.9 Å². The molecule has 2 aromatic carbocycles. The summed E-state index contributed by atoms with van der Waals surface area (Å²) >= 11 is 0. The minimum absolute atomic E-state index is 0.0635. The number of amides is 2. The van der Waals surface area contributed by atoms with E-state index in [1.54, 1.807) is 0 Å². The first-order valence-electron chi connectivity index (χ1n) is 14.5. The molecule has 0 radical (unpaired) electrons. The van der Waals surface area contributed by atoms with Gasteiger partial charge in [0.15, 0.2) is 0 Å². The number of nitrogens with zero attached hydrogens (tertiary/aromatic N) is 4. The lowest BCUT2D eigenvalue weighted by atomic mass is 9.85. The highest BCUT2D eigenvalue weighted by molar-refractivity contribution is 6.04. The molecule has 1 N–H and O–H groups in total. The largest absolute Gasteiger partial charge is 0.343 e. The van der Waals surface area contributed by atoms with Crippen molar-refractivity contribution in [1.29, 1.82) is 0 Å². The quantitative estimate of drug-likeness (QED) is 0.421. The predicted octanol–water partition coefficient (Wildman–Crippen LogP) is 5.77. The molecular formula is C31H38FN5O2. The van der Waals surface area contributed by atoms with Crippen molar-refractivity contribution in [3.8, 4) is 0 Å². The number of imidazole rings is 1. The molecule has 206 valence electrons. The number of nitrogens with one attached hydrogen (secondary N) is 1. The number of hydrogen-bond donors (Lipinski definition) is 1. The van der Waals surface area contributed by atoms with Crippen LogP contribution in [0, 0.1) is 11.7 Å². The molecule has 3 fully saturated rings. The summed E-state index contributed by atoms with van der Waals surface area (Å²) in [6.07, 6.45) is 9.42. The van der Waals surface area contributed by atoms with Gasteiger partial charge in [0.2, 0.25) is 11.9 Å². The fraction of sp³-hybridized carbons (Fsp3) is 0.516. The summed E-state index contributed by atoms with van der Waals surface area (Å²) in [4.78, 5) is 35.4. The second-order valence-corrected chi connectivity index (χ2v) is 11.6. The number of hydrogen-bond acceptors (Lipinski definition) is 4. The lowest BCUT2D eigenvalue weighted by molar-refractivity contribution is -0.135. The maximum atomic E-state index is 13.4. The zero-order valence-corrected chi connectivity index (χ0v) is 22.7. The van der Waals surface area contributed by atoms with E-state index in [2.05, 4.69) is 33.0 Å². The van der Waals surface area contributed by atoms with Crippen LogP contribution in [0.4, 0.5) is 10.3 Å². The van der Waals surface area contributed by atoms with E-state index in [9.17, 15) is 14.0 Å². The van der Waals surface area contributed by atoms with Gasteiger partial charge in [-0.1, -0.05) is 12.5 Å². The number of carbonyl (C=O) groups is 2. The summed E-state index contributed by atoms with van der Waals surface area (Å²) < 4.78 is 15.6. The standard InChI is InChI=1S/C31H38FN5O2/c1-35(25-14-15-25)30(39)23-8-12-26(13-9-23)37-28-19-21(20-36-17-3-2-4-18-36)5-16-27(28)33-31(37)34-29(38)22-6-10-24(32)11-7-22/h5-7,10-11,16,19,23,25-26H,2-4,8-9,12-15,17-18,20H2,1H3,(H,33,34,38). The predicted molar refractivity (Wildman–Crippen MR) is 150 cm³/mol. The third-order valence-electron chi connectivity index (χ3n) is 8.79. The van der Waals surface area contributed by atoms with Crippen LogP contribution in [0.1, 0.15) is 79.8 Å². The van der Waals surface area contributed by atoms with E-state index in [-0.39, 0.29) is 29.6 Å². The van der Waals surface area contributed by atoms with Crippen molar-refractivity contribution < 1.29 is 14.0 Å². The van der Waals surface area contributed by atoms with E-state index >= 15 is 0 Å². The minimum atomic E-state index is -0.376. The molecule has 0 unspecified atom stereocenters. The molecule has 39 heavy (non-hydrogen) atoms. The first-order chi connectivity index (χ1) is 19.0. The lowest BCUT2D eigenvalue weighted by Crippen LogP contribution is -2.36. The van der Waals surface area contributed by atoms with Crippen LogP contribution in [-0.4, -0.2) is 57.3 Å². The van der Waals surface area contributed by atoms with E-state index in [0.717, 1.165) is 69.2 Å². The molecule has 2 saturated carbocycles. The average Bonchev–Trinajstić information content (AvgIpc) is 3.75. The maximum absolute atomic E-state index is 13.4. The van der Waals surface area contributed by atoms with E-state index in [0.29, 0.717) is 17.6 Å². The van der Waals surface area contributed by atoms with Gasteiger partial charge >= 0.3 is 0 Å². The third kappa shape index (κ3) is 5.71. The number of halogens is 1. The summed E-state index contributed by atoms with van der Waals surface area (Å²) in [7, 11) is 1.95. The molecule has 3 aliphatic rings. The Balaban J connectivity index is 1.27. The van der Waals surface area contributed by atoms with Crippen molar-refractivity contribution >= 4 is 28.8 Å². The van der Waals surface area contributed by atoms with Gasteiger partial charge < -0.3 is 9.47 Å². The molecule has 2 heterocycles. The highest BCUT2D eigenvalue weighted by atomic mass is 19.1. The first kappa shape index (κ1) is 26.0. The Morgan fingerprint density at radius 2 is 1.69 bits per heavy atom. The molecule has 1 saturated heterocycles. The Morgan fingerprint density at radius 1 is 0.974 bits per heavy atom. The molecule has 1 aromatic heterocycles. The normalized spacial score (nSPS) is 22.1. The minimum Gasteiger partial charge on any atom is -0.343 e. The Labute approximate surface area is 229 Å². The maximum Gasteiger partial charge on any atom is 0.257 e. The van der Waals surface area contributed by atoms with Gasteiger partial charge in [-0.2, -0.15) is 0 Å². The first-order valence-corrected chi connectivity index (χ1v) is 14.5. The van der Waals surface area contributed by atoms with Crippen molar-refractivity contribution in [3.63, 3.8) is 0 Å². The highest BCUT2D eigenvalue weighted by Gasteiger charge is 2.36. The highest BCUT2D eigenvalue weighted by Crippen LogP contribution is 2.39. The SMILES string of the molecule is CN(C(=O)C1CCC(n2c(NC(=O)c3ccc(F)cc3)nc3ccc(CN4CCCCC4)cc32)CC1)C1CC1. The molecule has 8 heteroatoms. The molecule has 0 atom stereocenters. The number of anilines is 1. The molecule has 0 spiro atoms. The van der Waals surface area contributed by atoms with Gasteiger partial charge in [-0.25, -0.2) is 9.37 Å². The van der Waals surface area contributed by atoms with Crippen LogP contribution in [0.15, 0.2) is 42.5 Å². The lowest BCUT2D eigenvalue weighted by Gasteiger charge is -2.32. The molecule has 0 bridgehead atoms. The smallest absolute Gasteiger partial charge is 0.257 e. The van der Waals surface area contributed by atoms with Crippen LogP contribution in [0.5, 0.6) is 0 Å². The Bertz CT molecular complexity index is 1340. The molecule has 3 aromatic rings. The summed E-state index contributed by atoms with van der Waals surface area (Å²) in [6.45, 7) is 3.17. The number of fused-ring (bicyclic) bond motifs is 1. The Morgan fingerprint density at radius 3 is 2.38 bits per heavy atom. The number of rotatable bonds is 7. The molecule has 7 nitrogen and oxygen atoms in total. The molecular weight excluding hydrogens is 493 g/mol. The molecule has 6 rings (SSSR count). The molecule has 2 aliphatic carbocycles. The second kappa shape index (κ2) is 11.1. The Kier molecular flexibility index (Phi) is 7.38. The van der Waals surface area contributed by atoms with E-state index in [4.69, 9.17) is 4.98 Å². The van der Waals surface area contributed by atoms with Gasteiger partial charge in [0.05, 0.1) is 11.0 Å². The molecule has 1 aliphatic heterocycles. The number of aromatic nitrogens is 2. The average molecular weight is 532 g/mol. The topological polar surface area (TPSA) is 70.5 Å². The number of piperidine rings is 1. The van der Waals surface area contributed by atoms with Crippen molar-refractivity contribution in [2.75, 3.05) is 25.5 Å². The van der Waals surface area contributed by atoms with Crippen molar-refractivity contribution in [3.05, 3.63) is 59.4 Å². The van der Waals surface area contributed by atoms with Crippen LogP contribution in [0.3, 0.4) is 0 Å².